The number of hydrogen-bond donors (Lipinski definition) is 1. The number of ether oxygens (including phenoxy) is 1. The molecule has 2 heterocycles. The zero-order valence-corrected chi connectivity index (χ0v) is 10.8. The van der Waals surface area contributed by atoms with Gasteiger partial charge in [0.1, 0.15) is 0 Å². The van der Waals surface area contributed by atoms with Crippen LogP contribution in [0.25, 0.3) is 0 Å². The van der Waals surface area contributed by atoms with Crippen LogP contribution in [-0.4, -0.2) is 22.3 Å². The Balaban J connectivity index is 2.02. The van der Waals surface area contributed by atoms with Crippen LogP contribution in [0.1, 0.15) is 44.8 Å². The SMILES string of the molecule is CC(C)C(N)c1cncn1CC1CCCCO1. The monoisotopic (exact) mass is 237 g/mol. The fourth-order valence-corrected chi connectivity index (χ4v) is 2.27. The molecule has 1 aromatic rings. The zero-order valence-electron chi connectivity index (χ0n) is 10.8. The number of nitrogens with two attached hydrogens (primary N) is 1. The van der Waals surface area contributed by atoms with Crippen molar-refractivity contribution in [3.8, 4) is 0 Å². The molecule has 0 radical (unpaired) electrons. The van der Waals surface area contributed by atoms with E-state index < -0.39 is 0 Å². The largest absolute Gasteiger partial charge is 0.376 e. The van der Waals surface area contributed by atoms with Crippen molar-refractivity contribution in [3.63, 3.8) is 0 Å². The van der Waals surface area contributed by atoms with Crippen LogP contribution < -0.4 is 5.73 Å². The third-order valence-corrected chi connectivity index (χ3v) is 3.48. The first-order chi connectivity index (χ1) is 8.18. The Morgan fingerprint density at radius 2 is 2.35 bits per heavy atom. The molecule has 0 amide bonds. The van der Waals surface area contributed by atoms with Gasteiger partial charge in [0, 0.05) is 18.8 Å². The van der Waals surface area contributed by atoms with E-state index in [1.54, 1.807) is 0 Å². The maximum atomic E-state index is 6.19. The molecule has 2 N–H and O–H groups in total. The standard InChI is InChI=1S/C13H23N3O/c1-10(2)13(14)12-7-15-9-16(12)8-11-5-3-4-6-17-11/h7,9-11,13H,3-6,8,14H2,1-2H3. The third kappa shape index (κ3) is 3.07. The minimum absolute atomic E-state index is 0.0566. The van der Waals surface area contributed by atoms with Gasteiger partial charge in [-0.15, -0.1) is 0 Å². The predicted octanol–water partition coefficient (Wildman–Crippen LogP) is 2.11. The number of nitrogens with zero attached hydrogens (tertiary/aromatic N) is 2. The van der Waals surface area contributed by atoms with Crippen LogP contribution in [0, 0.1) is 5.92 Å². The van der Waals surface area contributed by atoms with Crippen molar-refractivity contribution < 1.29 is 4.74 Å². The molecule has 1 aliphatic rings. The highest BCUT2D eigenvalue weighted by Crippen LogP contribution is 2.21. The molecule has 96 valence electrons. The molecule has 2 rings (SSSR count). The molecule has 4 heteroatoms. The maximum absolute atomic E-state index is 6.19. The van der Waals surface area contributed by atoms with E-state index in [9.17, 15) is 0 Å². The normalized spacial score (nSPS) is 22.9. The quantitative estimate of drug-likeness (QED) is 0.872. The van der Waals surface area contributed by atoms with Crippen molar-refractivity contribution in [1.29, 1.82) is 0 Å². The molecule has 0 aromatic carbocycles. The molecule has 0 saturated carbocycles. The minimum Gasteiger partial charge on any atom is -0.376 e. The fourth-order valence-electron chi connectivity index (χ4n) is 2.27. The van der Waals surface area contributed by atoms with Crippen LogP contribution >= 0.6 is 0 Å². The highest BCUT2D eigenvalue weighted by atomic mass is 16.5. The summed E-state index contributed by atoms with van der Waals surface area (Å²) in [4.78, 5) is 4.22. The summed E-state index contributed by atoms with van der Waals surface area (Å²) in [6, 6.07) is 0.0566. The third-order valence-electron chi connectivity index (χ3n) is 3.48. The lowest BCUT2D eigenvalue weighted by molar-refractivity contribution is 0.00534. The van der Waals surface area contributed by atoms with Gasteiger partial charge in [-0.3, -0.25) is 0 Å². The van der Waals surface area contributed by atoms with Crippen LogP contribution in [0.3, 0.4) is 0 Å². The summed E-state index contributed by atoms with van der Waals surface area (Å²) in [5.74, 6) is 0.428. The molecule has 17 heavy (non-hydrogen) atoms. The van der Waals surface area contributed by atoms with Crippen LogP contribution in [0.15, 0.2) is 12.5 Å². The lowest BCUT2D eigenvalue weighted by atomic mass is 10.0. The van der Waals surface area contributed by atoms with Gasteiger partial charge >= 0.3 is 0 Å². The van der Waals surface area contributed by atoms with E-state index in [-0.39, 0.29) is 6.04 Å². The second-order valence-corrected chi connectivity index (χ2v) is 5.23. The molecule has 2 atom stereocenters. The predicted molar refractivity (Wildman–Crippen MR) is 67.6 cm³/mol. The van der Waals surface area contributed by atoms with Crippen LogP contribution in [0.2, 0.25) is 0 Å². The van der Waals surface area contributed by atoms with Crippen molar-refractivity contribution in [2.75, 3.05) is 6.61 Å². The molecule has 4 nitrogen and oxygen atoms in total. The molecule has 1 fully saturated rings. The molecule has 0 aliphatic carbocycles. The average Bonchev–Trinajstić information content (AvgIpc) is 2.77. The van der Waals surface area contributed by atoms with Crippen LogP contribution in [-0.2, 0) is 11.3 Å². The molecule has 1 saturated heterocycles. The van der Waals surface area contributed by atoms with Gasteiger partial charge in [0.05, 0.1) is 24.7 Å². The summed E-state index contributed by atoms with van der Waals surface area (Å²) in [5.41, 5.74) is 7.31. The summed E-state index contributed by atoms with van der Waals surface area (Å²) in [5, 5.41) is 0. The van der Waals surface area contributed by atoms with Gasteiger partial charge in [0.2, 0.25) is 0 Å². The molecular weight excluding hydrogens is 214 g/mol. The van der Waals surface area contributed by atoms with Gasteiger partial charge in [-0.25, -0.2) is 4.98 Å². The van der Waals surface area contributed by atoms with E-state index in [2.05, 4.69) is 23.4 Å². The highest BCUT2D eigenvalue weighted by Gasteiger charge is 2.19. The maximum Gasteiger partial charge on any atom is 0.0949 e. The van der Waals surface area contributed by atoms with Crippen LogP contribution in [0.4, 0.5) is 0 Å². The zero-order chi connectivity index (χ0) is 12.3. The van der Waals surface area contributed by atoms with E-state index in [4.69, 9.17) is 10.5 Å². The summed E-state index contributed by atoms with van der Waals surface area (Å²) < 4.78 is 7.91. The van der Waals surface area contributed by atoms with Crippen molar-refractivity contribution in [3.05, 3.63) is 18.2 Å². The highest BCUT2D eigenvalue weighted by molar-refractivity contribution is 5.05. The number of rotatable bonds is 4. The smallest absolute Gasteiger partial charge is 0.0949 e. The van der Waals surface area contributed by atoms with Gasteiger partial charge in [-0.05, 0) is 25.2 Å². The summed E-state index contributed by atoms with van der Waals surface area (Å²) >= 11 is 0. The summed E-state index contributed by atoms with van der Waals surface area (Å²) in [6.07, 6.45) is 7.69. The van der Waals surface area contributed by atoms with Gasteiger partial charge in [-0.2, -0.15) is 0 Å². The lowest BCUT2D eigenvalue weighted by Gasteiger charge is -2.25. The first kappa shape index (κ1) is 12.6. The first-order valence-corrected chi connectivity index (χ1v) is 6.55. The molecule has 0 bridgehead atoms. The number of imidazole rings is 1. The van der Waals surface area contributed by atoms with Gasteiger partial charge < -0.3 is 15.0 Å². The average molecular weight is 237 g/mol. The van der Waals surface area contributed by atoms with Gasteiger partial charge in [0.15, 0.2) is 0 Å². The number of aromatic nitrogens is 2. The lowest BCUT2D eigenvalue weighted by Crippen LogP contribution is -2.27. The van der Waals surface area contributed by atoms with Crippen molar-refractivity contribution >= 4 is 0 Å². The first-order valence-electron chi connectivity index (χ1n) is 6.55. The fraction of sp³-hybridized carbons (Fsp3) is 0.769. The van der Waals surface area contributed by atoms with E-state index in [1.807, 2.05) is 12.5 Å². The van der Waals surface area contributed by atoms with Crippen LogP contribution in [0.5, 0.6) is 0 Å². The second kappa shape index (κ2) is 5.65. The molecule has 2 unspecified atom stereocenters. The molecule has 1 aliphatic heterocycles. The molecule has 1 aromatic heterocycles. The molecular formula is C13H23N3O. The number of hydrogen-bond acceptors (Lipinski definition) is 3. The van der Waals surface area contributed by atoms with E-state index in [1.165, 1.54) is 12.8 Å². The Kier molecular flexibility index (Phi) is 4.18. The van der Waals surface area contributed by atoms with Crippen molar-refractivity contribution in [1.82, 2.24) is 9.55 Å². The minimum atomic E-state index is 0.0566. The second-order valence-electron chi connectivity index (χ2n) is 5.23. The van der Waals surface area contributed by atoms with E-state index in [0.29, 0.717) is 12.0 Å². The van der Waals surface area contributed by atoms with Crippen molar-refractivity contribution in [2.45, 2.75) is 51.8 Å². The summed E-state index contributed by atoms with van der Waals surface area (Å²) in [6.45, 7) is 6.05. The Labute approximate surface area is 103 Å². The van der Waals surface area contributed by atoms with Crippen molar-refractivity contribution in [2.24, 2.45) is 11.7 Å². The topological polar surface area (TPSA) is 53.1 Å². The van der Waals surface area contributed by atoms with E-state index >= 15 is 0 Å². The Morgan fingerprint density at radius 3 is 3.00 bits per heavy atom. The molecule has 0 spiro atoms. The Hall–Kier alpha value is -0.870. The summed E-state index contributed by atoms with van der Waals surface area (Å²) in [7, 11) is 0. The van der Waals surface area contributed by atoms with Gasteiger partial charge in [0.25, 0.3) is 0 Å². The Morgan fingerprint density at radius 1 is 1.53 bits per heavy atom. The van der Waals surface area contributed by atoms with Gasteiger partial charge in [-0.1, -0.05) is 13.8 Å². The Bertz CT molecular complexity index is 342. The van der Waals surface area contributed by atoms with E-state index in [0.717, 1.165) is 25.3 Å².